The normalized spacial score (nSPS) is 11.5. The number of benzene rings is 1. The summed E-state index contributed by atoms with van der Waals surface area (Å²) in [5.74, 6) is 0.795. The van der Waals surface area contributed by atoms with E-state index in [0.717, 1.165) is 18.4 Å². The van der Waals surface area contributed by atoms with Gasteiger partial charge in [0.1, 0.15) is 0 Å². The molecule has 0 saturated heterocycles. The van der Waals surface area contributed by atoms with Crippen LogP contribution in [0, 0.1) is 0 Å². The molecule has 90 valence electrons. The molecule has 1 aromatic carbocycles. The third-order valence-electron chi connectivity index (χ3n) is 2.42. The summed E-state index contributed by atoms with van der Waals surface area (Å²) in [5.41, 5.74) is 6.60. The lowest BCUT2D eigenvalue weighted by Crippen LogP contribution is -2.32. The molecule has 1 rings (SSSR count). The zero-order valence-electron chi connectivity index (χ0n) is 10.3. The Morgan fingerprint density at radius 3 is 2.62 bits per heavy atom. The van der Waals surface area contributed by atoms with Crippen LogP contribution in [0.25, 0.3) is 0 Å². The van der Waals surface area contributed by atoms with Crippen molar-refractivity contribution in [3.8, 4) is 11.5 Å². The summed E-state index contributed by atoms with van der Waals surface area (Å²) in [6, 6.07) is 5.57. The molecule has 0 radical (unpaired) electrons. The zero-order chi connectivity index (χ0) is 12.2. The third kappa shape index (κ3) is 3.74. The molecule has 3 N–H and O–H groups in total. The lowest BCUT2D eigenvalue weighted by molar-refractivity contribution is 0.316. The van der Waals surface area contributed by atoms with E-state index in [2.05, 4.69) is 0 Å². The summed E-state index contributed by atoms with van der Waals surface area (Å²) in [6.45, 7) is 6.42. The van der Waals surface area contributed by atoms with Crippen LogP contribution in [0.3, 0.4) is 0 Å². The highest BCUT2D eigenvalue weighted by Crippen LogP contribution is 2.31. The molecule has 0 fully saturated rings. The minimum Gasteiger partial charge on any atom is -0.504 e. The Morgan fingerprint density at radius 2 is 2.06 bits per heavy atom. The van der Waals surface area contributed by atoms with Crippen LogP contribution in [0.4, 0.5) is 0 Å². The minimum atomic E-state index is -0.214. The van der Waals surface area contributed by atoms with Gasteiger partial charge in [0, 0.05) is 5.54 Å². The first kappa shape index (κ1) is 12.8. The maximum absolute atomic E-state index is 9.95. The molecule has 0 aliphatic carbocycles. The summed E-state index contributed by atoms with van der Waals surface area (Å²) >= 11 is 0. The van der Waals surface area contributed by atoms with Crippen LogP contribution in [-0.2, 0) is 6.42 Å². The highest BCUT2D eigenvalue weighted by atomic mass is 16.5. The first-order valence-corrected chi connectivity index (χ1v) is 5.66. The van der Waals surface area contributed by atoms with Gasteiger partial charge < -0.3 is 15.6 Å². The van der Waals surface area contributed by atoms with Gasteiger partial charge in [0.15, 0.2) is 11.5 Å². The molecule has 0 bridgehead atoms. The second kappa shape index (κ2) is 5.21. The van der Waals surface area contributed by atoms with Crippen molar-refractivity contribution in [3.63, 3.8) is 0 Å². The lowest BCUT2D eigenvalue weighted by Gasteiger charge is -2.18. The molecule has 0 aliphatic rings. The van der Waals surface area contributed by atoms with E-state index in [1.807, 2.05) is 32.9 Å². The first-order valence-electron chi connectivity index (χ1n) is 5.66. The summed E-state index contributed by atoms with van der Waals surface area (Å²) < 4.78 is 5.33. The number of nitrogens with two attached hydrogens (primary N) is 1. The largest absolute Gasteiger partial charge is 0.504 e. The van der Waals surface area contributed by atoms with Gasteiger partial charge in [0.2, 0.25) is 0 Å². The molecule has 0 aliphatic heterocycles. The number of hydrogen-bond donors (Lipinski definition) is 2. The fraction of sp³-hybridized carbons (Fsp3) is 0.538. The van der Waals surface area contributed by atoms with Gasteiger partial charge in [0.05, 0.1) is 6.61 Å². The van der Waals surface area contributed by atoms with Crippen molar-refractivity contribution in [1.29, 1.82) is 0 Å². The van der Waals surface area contributed by atoms with Gasteiger partial charge in [-0.2, -0.15) is 0 Å². The molecular formula is C13H21NO2. The number of para-hydroxylation sites is 1. The van der Waals surface area contributed by atoms with E-state index in [9.17, 15) is 5.11 Å². The first-order chi connectivity index (χ1) is 7.44. The van der Waals surface area contributed by atoms with Crippen LogP contribution >= 0.6 is 0 Å². The summed E-state index contributed by atoms with van der Waals surface area (Å²) in [7, 11) is 0. The van der Waals surface area contributed by atoms with Crippen molar-refractivity contribution in [3.05, 3.63) is 23.8 Å². The molecule has 0 saturated carbocycles. The van der Waals surface area contributed by atoms with Crippen LogP contribution in [-0.4, -0.2) is 17.3 Å². The Bertz CT molecular complexity index is 342. The molecule has 0 unspecified atom stereocenters. The summed E-state index contributed by atoms with van der Waals surface area (Å²) in [5, 5.41) is 9.95. The van der Waals surface area contributed by atoms with Crippen molar-refractivity contribution in [1.82, 2.24) is 0 Å². The molecule has 3 nitrogen and oxygen atoms in total. The van der Waals surface area contributed by atoms with E-state index in [1.54, 1.807) is 6.07 Å². The number of aromatic hydroxyl groups is 1. The number of ether oxygens (including phenoxy) is 1. The van der Waals surface area contributed by atoms with Gasteiger partial charge >= 0.3 is 0 Å². The van der Waals surface area contributed by atoms with E-state index in [4.69, 9.17) is 10.5 Å². The maximum atomic E-state index is 9.95. The topological polar surface area (TPSA) is 55.5 Å². The smallest absolute Gasteiger partial charge is 0.161 e. The van der Waals surface area contributed by atoms with Crippen molar-refractivity contribution in [2.24, 2.45) is 5.73 Å². The van der Waals surface area contributed by atoms with E-state index < -0.39 is 0 Å². The summed E-state index contributed by atoms with van der Waals surface area (Å²) in [6.07, 6.45) is 1.59. The predicted octanol–water partition coefficient (Wildman–Crippen LogP) is 2.46. The van der Waals surface area contributed by atoms with E-state index in [1.165, 1.54) is 0 Å². The average Bonchev–Trinajstić information content (AvgIpc) is 2.18. The van der Waals surface area contributed by atoms with Crippen LogP contribution < -0.4 is 10.5 Å². The molecule has 0 amide bonds. The average molecular weight is 223 g/mol. The number of aryl methyl sites for hydroxylation is 1. The van der Waals surface area contributed by atoms with Gasteiger partial charge in [-0.25, -0.2) is 0 Å². The Balaban J connectivity index is 2.77. The number of rotatable bonds is 5. The van der Waals surface area contributed by atoms with Crippen molar-refractivity contribution >= 4 is 0 Å². The molecule has 0 aromatic heterocycles. The van der Waals surface area contributed by atoms with E-state index in [-0.39, 0.29) is 11.3 Å². The minimum absolute atomic E-state index is 0.214. The van der Waals surface area contributed by atoms with Crippen LogP contribution in [0.15, 0.2) is 18.2 Å². The lowest BCUT2D eigenvalue weighted by atomic mass is 9.96. The van der Waals surface area contributed by atoms with Gasteiger partial charge in [-0.3, -0.25) is 0 Å². The molecule has 0 heterocycles. The monoisotopic (exact) mass is 223 g/mol. The molecule has 0 spiro atoms. The Kier molecular flexibility index (Phi) is 4.19. The number of phenols is 1. The third-order valence-corrected chi connectivity index (χ3v) is 2.42. The number of hydrogen-bond acceptors (Lipinski definition) is 3. The molecular weight excluding hydrogens is 202 g/mol. The van der Waals surface area contributed by atoms with Gasteiger partial charge in [-0.15, -0.1) is 0 Å². The second-order valence-corrected chi connectivity index (χ2v) is 4.69. The number of phenolic OH excluding ortho intramolecular Hbond substituents is 1. The predicted molar refractivity (Wildman–Crippen MR) is 65.9 cm³/mol. The van der Waals surface area contributed by atoms with Gasteiger partial charge in [0.25, 0.3) is 0 Å². The highest BCUT2D eigenvalue weighted by molar-refractivity contribution is 5.45. The van der Waals surface area contributed by atoms with Gasteiger partial charge in [-0.05, 0) is 45.2 Å². The molecule has 16 heavy (non-hydrogen) atoms. The molecule has 3 heteroatoms. The van der Waals surface area contributed by atoms with Gasteiger partial charge in [-0.1, -0.05) is 12.1 Å². The van der Waals surface area contributed by atoms with Crippen LogP contribution in [0.1, 0.15) is 32.8 Å². The highest BCUT2D eigenvalue weighted by Gasteiger charge is 2.13. The van der Waals surface area contributed by atoms with Crippen molar-refractivity contribution in [2.75, 3.05) is 6.61 Å². The van der Waals surface area contributed by atoms with E-state index in [0.29, 0.717) is 12.4 Å². The molecule has 0 atom stereocenters. The van der Waals surface area contributed by atoms with E-state index >= 15 is 0 Å². The van der Waals surface area contributed by atoms with Crippen molar-refractivity contribution in [2.45, 2.75) is 39.2 Å². The van der Waals surface area contributed by atoms with Crippen LogP contribution in [0.5, 0.6) is 11.5 Å². The fourth-order valence-electron chi connectivity index (χ4n) is 1.50. The van der Waals surface area contributed by atoms with Crippen LogP contribution in [0.2, 0.25) is 0 Å². The zero-order valence-corrected chi connectivity index (χ0v) is 10.3. The SMILES string of the molecule is CCOc1cccc(CCC(C)(C)N)c1O. The Labute approximate surface area is 97.2 Å². The molecule has 1 aromatic rings. The Hall–Kier alpha value is -1.22. The maximum Gasteiger partial charge on any atom is 0.161 e. The van der Waals surface area contributed by atoms with Crippen molar-refractivity contribution < 1.29 is 9.84 Å². The standard InChI is InChI=1S/C13H21NO2/c1-4-16-11-7-5-6-10(12(11)15)8-9-13(2,3)14/h5-7,15H,4,8-9,14H2,1-3H3. The Morgan fingerprint density at radius 1 is 1.38 bits per heavy atom. The quantitative estimate of drug-likeness (QED) is 0.806. The fourth-order valence-corrected chi connectivity index (χ4v) is 1.50. The summed E-state index contributed by atoms with van der Waals surface area (Å²) in [4.78, 5) is 0. The second-order valence-electron chi connectivity index (χ2n) is 4.69.